The minimum atomic E-state index is 0.266. The summed E-state index contributed by atoms with van der Waals surface area (Å²) in [6, 6.07) is 7.21. The van der Waals surface area contributed by atoms with Crippen molar-refractivity contribution in [2.24, 2.45) is 5.73 Å². The third-order valence-electron chi connectivity index (χ3n) is 2.68. The van der Waals surface area contributed by atoms with Crippen molar-refractivity contribution in [2.75, 3.05) is 0 Å². The molecule has 0 bridgehead atoms. The molecule has 0 saturated carbocycles. The average molecular weight is 213 g/mol. The van der Waals surface area contributed by atoms with Crippen LogP contribution in [0.1, 0.15) is 5.69 Å². The Labute approximate surface area is 91.9 Å². The molecule has 0 fully saturated rings. The summed E-state index contributed by atoms with van der Waals surface area (Å²) in [7, 11) is 0. The van der Waals surface area contributed by atoms with Crippen LogP contribution in [0.2, 0.25) is 0 Å². The van der Waals surface area contributed by atoms with Gasteiger partial charge in [-0.25, -0.2) is 4.98 Å². The number of benzene rings is 1. The maximum Gasteiger partial charge on any atom is 0.144 e. The van der Waals surface area contributed by atoms with Crippen LogP contribution < -0.4 is 5.73 Å². The molecule has 0 saturated heterocycles. The summed E-state index contributed by atoms with van der Waals surface area (Å²) in [6.07, 6.45) is 3.84. The van der Waals surface area contributed by atoms with E-state index in [0.717, 1.165) is 22.1 Å². The number of hydrogen-bond acceptors (Lipinski definition) is 3. The lowest BCUT2D eigenvalue weighted by Gasteiger charge is -2.00. The van der Waals surface area contributed by atoms with Gasteiger partial charge in [-0.15, -0.1) is 0 Å². The molecule has 0 aliphatic carbocycles. The van der Waals surface area contributed by atoms with Gasteiger partial charge in [0.05, 0.1) is 5.69 Å². The second kappa shape index (κ2) is 3.21. The molecule has 0 atom stereocenters. The Morgan fingerprint density at radius 2 is 2.19 bits per heavy atom. The number of nitrogens with zero attached hydrogens (tertiary/aromatic N) is 2. The van der Waals surface area contributed by atoms with Gasteiger partial charge in [-0.2, -0.15) is 0 Å². The van der Waals surface area contributed by atoms with Gasteiger partial charge >= 0.3 is 0 Å². The minimum Gasteiger partial charge on any atom is -0.508 e. The van der Waals surface area contributed by atoms with E-state index >= 15 is 0 Å². The highest BCUT2D eigenvalue weighted by Crippen LogP contribution is 2.23. The molecule has 4 nitrogen and oxygen atoms in total. The number of phenols is 1. The van der Waals surface area contributed by atoms with Gasteiger partial charge in [-0.1, -0.05) is 0 Å². The molecule has 0 spiro atoms. The van der Waals surface area contributed by atoms with E-state index in [1.807, 2.05) is 28.9 Å². The Kier molecular flexibility index (Phi) is 1.84. The Hall–Kier alpha value is -2.07. The fourth-order valence-electron chi connectivity index (χ4n) is 1.91. The molecule has 3 aromatic rings. The molecule has 0 aliphatic rings. The summed E-state index contributed by atoms with van der Waals surface area (Å²) in [5.41, 5.74) is 7.30. The van der Waals surface area contributed by atoms with Crippen LogP contribution in [0.3, 0.4) is 0 Å². The van der Waals surface area contributed by atoms with E-state index in [0.29, 0.717) is 6.54 Å². The average Bonchev–Trinajstić information content (AvgIpc) is 2.71. The summed E-state index contributed by atoms with van der Waals surface area (Å²) in [5, 5.41) is 11.4. The van der Waals surface area contributed by atoms with Crippen molar-refractivity contribution in [1.29, 1.82) is 0 Å². The largest absolute Gasteiger partial charge is 0.508 e. The lowest BCUT2D eigenvalue weighted by Crippen LogP contribution is -1.95. The molecule has 2 heterocycles. The van der Waals surface area contributed by atoms with Gasteiger partial charge in [-0.3, -0.25) is 0 Å². The van der Waals surface area contributed by atoms with E-state index in [-0.39, 0.29) is 5.75 Å². The summed E-state index contributed by atoms with van der Waals surface area (Å²) >= 11 is 0. The second-order valence-corrected chi connectivity index (χ2v) is 3.75. The fraction of sp³-hybridized carbons (Fsp3) is 0.0833. The summed E-state index contributed by atoms with van der Waals surface area (Å²) < 4.78 is 1.95. The van der Waals surface area contributed by atoms with Crippen LogP contribution in [0.25, 0.3) is 16.4 Å². The fourth-order valence-corrected chi connectivity index (χ4v) is 1.91. The quantitative estimate of drug-likeness (QED) is 0.646. The minimum absolute atomic E-state index is 0.266. The van der Waals surface area contributed by atoms with Crippen LogP contribution in [0.4, 0.5) is 0 Å². The predicted molar refractivity (Wildman–Crippen MR) is 62.3 cm³/mol. The van der Waals surface area contributed by atoms with Crippen molar-refractivity contribution in [3.63, 3.8) is 0 Å². The molecule has 3 N–H and O–H groups in total. The SMILES string of the molecule is NCc1cn2ccc3cc(O)ccc3c2n1. The summed E-state index contributed by atoms with van der Waals surface area (Å²) in [4.78, 5) is 4.45. The number of nitrogens with two attached hydrogens (primary N) is 1. The Morgan fingerprint density at radius 3 is 3.00 bits per heavy atom. The highest BCUT2D eigenvalue weighted by molar-refractivity contribution is 5.94. The van der Waals surface area contributed by atoms with Crippen molar-refractivity contribution >= 4 is 16.4 Å². The van der Waals surface area contributed by atoms with E-state index in [4.69, 9.17) is 5.73 Å². The molecule has 1 aromatic carbocycles. The molecule has 0 amide bonds. The van der Waals surface area contributed by atoms with Crippen LogP contribution in [-0.4, -0.2) is 14.5 Å². The third kappa shape index (κ3) is 1.24. The zero-order valence-electron chi connectivity index (χ0n) is 8.59. The van der Waals surface area contributed by atoms with E-state index < -0.39 is 0 Å². The third-order valence-corrected chi connectivity index (χ3v) is 2.68. The smallest absolute Gasteiger partial charge is 0.144 e. The molecule has 16 heavy (non-hydrogen) atoms. The van der Waals surface area contributed by atoms with Crippen LogP contribution >= 0.6 is 0 Å². The number of hydrogen-bond donors (Lipinski definition) is 2. The van der Waals surface area contributed by atoms with Gasteiger partial charge in [0, 0.05) is 24.3 Å². The summed E-state index contributed by atoms with van der Waals surface area (Å²) in [6.45, 7) is 0.432. The molecular formula is C12H11N3O. The van der Waals surface area contributed by atoms with E-state index in [2.05, 4.69) is 4.98 Å². The molecule has 80 valence electrons. The Balaban J connectivity index is 2.43. The predicted octanol–water partition coefficient (Wildman–Crippen LogP) is 1.65. The first-order valence-electron chi connectivity index (χ1n) is 5.07. The highest BCUT2D eigenvalue weighted by atomic mass is 16.3. The number of phenolic OH excluding ortho intramolecular Hbond substituents is 1. The van der Waals surface area contributed by atoms with Crippen molar-refractivity contribution in [2.45, 2.75) is 6.54 Å². The zero-order valence-corrected chi connectivity index (χ0v) is 8.59. The molecule has 3 rings (SSSR count). The molecule has 0 unspecified atom stereocenters. The number of pyridine rings is 1. The summed E-state index contributed by atoms with van der Waals surface area (Å²) in [5.74, 6) is 0.266. The van der Waals surface area contributed by atoms with Gasteiger partial charge in [-0.05, 0) is 29.7 Å². The lowest BCUT2D eigenvalue weighted by molar-refractivity contribution is 0.476. The van der Waals surface area contributed by atoms with Crippen molar-refractivity contribution < 1.29 is 5.11 Å². The maximum absolute atomic E-state index is 9.41. The topological polar surface area (TPSA) is 63.5 Å². The van der Waals surface area contributed by atoms with Crippen molar-refractivity contribution in [1.82, 2.24) is 9.38 Å². The van der Waals surface area contributed by atoms with Gasteiger partial charge in [0.15, 0.2) is 0 Å². The first-order chi connectivity index (χ1) is 7.78. The Bertz CT molecular complexity index is 672. The number of imidazole rings is 1. The standard InChI is InChI=1S/C12H11N3O/c13-6-9-7-15-4-3-8-5-10(16)1-2-11(8)12(15)14-9/h1-5,7,16H,6,13H2. The highest BCUT2D eigenvalue weighted by Gasteiger charge is 2.04. The van der Waals surface area contributed by atoms with Crippen LogP contribution in [0.5, 0.6) is 5.75 Å². The number of fused-ring (bicyclic) bond motifs is 3. The number of aromatic hydroxyl groups is 1. The number of aromatic nitrogens is 2. The van der Waals surface area contributed by atoms with E-state index in [1.165, 1.54) is 0 Å². The van der Waals surface area contributed by atoms with Crippen LogP contribution in [-0.2, 0) is 6.54 Å². The van der Waals surface area contributed by atoms with Gasteiger partial charge in [0.1, 0.15) is 11.4 Å². The monoisotopic (exact) mass is 213 g/mol. The van der Waals surface area contributed by atoms with Gasteiger partial charge in [0.2, 0.25) is 0 Å². The van der Waals surface area contributed by atoms with Crippen molar-refractivity contribution in [3.05, 3.63) is 42.4 Å². The normalized spacial score (nSPS) is 11.3. The molecule has 2 aromatic heterocycles. The van der Waals surface area contributed by atoms with Gasteiger partial charge in [0.25, 0.3) is 0 Å². The number of rotatable bonds is 1. The first-order valence-corrected chi connectivity index (χ1v) is 5.07. The molecular weight excluding hydrogens is 202 g/mol. The van der Waals surface area contributed by atoms with Crippen LogP contribution in [0.15, 0.2) is 36.7 Å². The lowest BCUT2D eigenvalue weighted by atomic mass is 10.1. The maximum atomic E-state index is 9.41. The van der Waals surface area contributed by atoms with Gasteiger partial charge < -0.3 is 15.2 Å². The van der Waals surface area contributed by atoms with Crippen molar-refractivity contribution in [3.8, 4) is 5.75 Å². The van der Waals surface area contributed by atoms with Crippen LogP contribution in [0, 0.1) is 0 Å². The zero-order chi connectivity index (χ0) is 11.1. The molecule has 4 heteroatoms. The van der Waals surface area contributed by atoms with E-state index in [9.17, 15) is 5.11 Å². The molecule has 0 radical (unpaired) electrons. The second-order valence-electron chi connectivity index (χ2n) is 3.75. The molecule has 0 aliphatic heterocycles. The van der Waals surface area contributed by atoms with E-state index in [1.54, 1.807) is 12.1 Å². The first kappa shape index (κ1) is 9.18. The Morgan fingerprint density at radius 1 is 1.31 bits per heavy atom.